The lowest BCUT2D eigenvalue weighted by Gasteiger charge is -2.05. The van der Waals surface area contributed by atoms with Gasteiger partial charge in [0.2, 0.25) is 0 Å². The van der Waals surface area contributed by atoms with Gasteiger partial charge in [-0.1, -0.05) is 0 Å². The second-order valence-electron chi connectivity index (χ2n) is 3.54. The lowest BCUT2D eigenvalue weighted by atomic mass is 10.2. The minimum absolute atomic E-state index is 0.106. The van der Waals surface area contributed by atoms with Gasteiger partial charge >= 0.3 is 0 Å². The molecule has 0 unspecified atom stereocenters. The highest BCUT2D eigenvalue weighted by molar-refractivity contribution is 5.97. The molecule has 2 rings (SSSR count). The highest BCUT2D eigenvalue weighted by Gasteiger charge is 2.14. The number of primary amides is 2. The Balaban J connectivity index is 2.55. The van der Waals surface area contributed by atoms with E-state index >= 15 is 0 Å². The van der Waals surface area contributed by atoms with Crippen LogP contribution in [0.5, 0.6) is 0 Å². The molecule has 0 atom stereocenters. The van der Waals surface area contributed by atoms with E-state index in [1.165, 1.54) is 29.3 Å². The van der Waals surface area contributed by atoms with E-state index in [1.807, 2.05) is 0 Å². The molecule has 0 bridgehead atoms. The number of aromatic nitrogens is 3. The number of anilines is 1. The number of amides is 2. The van der Waals surface area contributed by atoms with Crippen LogP contribution in [0.15, 0.2) is 24.7 Å². The van der Waals surface area contributed by atoms with Crippen LogP contribution in [0.1, 0.15) is 20.7 Å². The van der Waals surface area contributed by atoms with Crippen LogP contribution in [0.25, 0.3) is 5.82 Å². The molecule has 0 aromatic carbocycles. The van der Waals surface area contributed by atoms with Gasteiger partial charge in [-0.2, -0.15) is 5.10 Å². The van der Waals surface area contributed by atoms with E-state index < -0.39 is 11.8 Å². The Hall–Kier alpha value is -2.90. The maximum atomic E-state index is 11.3. The number of hydrogen-bond acceptors (Lipinski definition) is 5. The molecule has 0 aliphatic rings. The predicted molar refractivity (Wildman–Crippen MR) is 62.8 cm³/mol. The summed E-state index contributed by atoms with van der Waals surface area (Å²) in [5, 5.41) is 3.89. The van der Waals surface area contributed by atoms with Crippen LogP contribution in [0, 0.1) is 0 Å². The highest BCUT2D eigenvalue weighted by Crippen LogP contribution is 2.14. The van der Waals surface area contributed by atoms with Gasteiger partial charge in [-0.15, -0.1) is 0 Å². The van der Waals surface area contributed by atoms with Crippen molar-refractivity contribution < 1.29 is 9.59 Å². The summed E-state index contributed by atoms with van der Waals surface area (Å²) in [4.78, 5) is 26.2. The molecular formula is C10H10N6O2. The van der Waals surface area contributed by atoms with E-state index in [4.69, 9.17) is 17.2 Å². The van der Waals surface area contributed by atoms with Crippen molar-refractivity contribution in [2.75, 3.05) is 5.73 Å². The Bertz CT molecular complexity index is 633. The van der Waals surface area contributed by atoms with Gasteiger partial charge < -0.3 is 17.2 Å². The summed E-state index contributed by atoms with van der Waals surface area (Å²) in [5.41, 5.74) is 16.5. The lowest BCUT2D eigenvalue weighted by Crippen LogP contribution is -2.16. The first-order chi connectivity index (χ1) is 8.49. The first-order valence-corrected chi connectivity index (χ1v) is 4.89. The lowest BCUT2D eigenvalue weighted by molar-refractivity contribution is 0.0992. The molecule has 8 heteroatoms. The van der Waals surface area contributed by atoms with Crippen molar-refractivity contribution in [2.24, 2.45) is 11.5 Å². The standard InChI is InChI=1S/C10H10N6O2/c11-6-1-7(9(13)18)10(14-3-6)16-4-5(2-15-16)8(12)17/h1-4H,11H2,(H2,12,17)(H2,13,18). The van der Waals surface area contributed by atoms with Crippen LogP contribution in [0.2, 0.25) is 0 Å². The molecule has 0 fully saturated rings. The summed E-state index contributed by atoms with van der Waals surface area (Å²) in [6.07, 6.45) is 3.98. The fraction of sp³-hybridized carbons (Fsp3) is 0. The third-order valence-corrected chi connectivity index (χ3v) is 2.24. The van der Waals surface area contributed by atoms with Crippen LogP contribution in [-0.2, 0) is 0 Å². The Morgan fingerprint density at radius 1 is 1.17 bits per heavy atom. The zero-order valence-corrected chi connectivity index (χ0v) is 9.20. The van der Waals surface area contributed by atoms with Crippen LogP contribution in [-0.4, -0.2) is 26.6 Å². The van der Waals surface area contributed by atoms with Gasteiger partial charge in [-0.25, -0.2) is 9.67 Å². The maximum Gasteiger partial charge on any atom is 0.252 e. The zero-order chi connectivity index (χ0) is 13.3. The average Bonchev–Trinajstić information content (AvgIpc) is 2.78. The molecule has 2 heterocycles. The monoisotopic (exact) mass is 246 g/mol. The van der Waals surface area contributed by atoms with Gasteiger partial charge in [0.05, 0.1) is 29.2 Å². The Morgan fingerprint density at radius 3 is 2.44 bits per heavy atom. The van der Waals surface area contributed by atoms with Gasteiger partial charge in [-0.05, 0) is 6.07 Å². The van der Waals surface area contributed by atoms with Crippen LogP contribution in [0.4, 0.5) is 5.69 Å². The number of rotatable bonds is 3. The fourth-order valence-corrected chi connectivity index (χ4v) is 1.40. The number of nitrogens with zero attached hydrogens (tertiary/aromatic N) is 3. The normalized spacial score (nSPS) is 10.2. The van der Waals surface area contributed by atoms with Crippen molar-refractivity contribution in [1.29, 1.82) is 0 Å². The summed E-state index contributed by atoms with van der Waals surface area (Å²) in [6, 6.07) is 1.39. The van der Waals surface area contributed by atoms with Crippen molar-refractivity contribution >= 4 is 17.5 Å². The number of nitrogens with two attached hydrogens (primary N) is 3. The number of nitrogen functional groups attached to an aromatic ring is 1. The first kappa shape index (κ1) is 11.6. The maximum absolute atomic E-state index is 11.3. The van der Waals surface area contributed by atoms with Crippen molar-refractivity contribution in [3.8, 4) is 5.82 Å². The van der Waals surface area contributed by atoms with Crippen LogP contribution < -0.4 is 17.2 Å². The summed E-state index contributed by atoms with van der Waals surface area (Å²) in [5.74, 6) is -1.14. The molecule has 2 aromatic heterocycles. The number of pyridine rings is 1. The van der Waals surface area contributed by atoms with Gasteiger partial charge in [-0.3, -0.25) is 9.59 Å². The second-order valence-corrected chi connectivity index (χ2v) is 3.54. The van der Waals surface area contributed by atoms with Gasteiger partial charge in [0.25, 0.3) is 11.8 Å². The Labute approximate surface area is 101 Å². The largest absolute Gasteiger partial charge is 0.397 e. The zero-order valence-electron chi connectivity index (χ0n) is 9.20. The summed E-state index contributed by atoms with van der Waals surface area (Å²) >= 11 is 0. The molecule has 18 heavy (non-hydrogen) atoms. The number of carbonyl (C=O) groups excluding carboxylic acids is 2. The molecule has 92 valence electrons. The van der Waals surface area contributed by atoms with E-state index in [2.05, 4.69) is 10.1 Å². The molecule has 0 saturated heterocycles. The Kier molecular flexibility index (Phi) is 2.68. The quantitative estimate of drug-likeness (QED) is 0.639. The number of carbonyl (C=O) groups is 2. The molecule has 2 aromatic rings. The molecule has 2 amide bonds. The van der Waals surface area contributed by atoms with Crippen molar-refractivity contribution in [2.45, 2.75) is 0 Å². The highest BCUT2D eigenvalue weighted by atomic mass is 16.1. The van der Waals surface area contributed by atoms with E-state index in [9.17, 15) is 9.59 Å². The van der Waals surface area contributed by atoms with Crippen LogP contribution in [0.3, 0.4) is 0 Å². The molecule has 6 N–H and O–H groups in total. The summed E-state index contributed by atoms with van der Waals surface area (Å²) in [6.45, 7) is 0. The van der Waals surface area contributed by atoms with Crippen molar-refractivity contribution in [1.82, 2.24) is 14.8 Å². The van der Waals surface area contributed by atoms with E-state index in [0.29, 0.717) is 5.69 Å². The topological polar surface area (TPSA) is 143 Å². The van der Waals surface area contributed by atoms with Gasteiger partial charge in [0.1, 0.15) is 0 Å². The van der Waals surface area contributed by atoms with E-state index in [0.717, 1.165) is 0 Å². The molecule has 0 radical (unpaired) electrons. The third-order valence-electron chi connectivity index (χ3n) is 2.24. The molecular weight excluding hydrogens is 236 g/mol. The van der Waals surface area contributed by atoms with Crippen molar-refractivity contribution in [3.05, 3.63) is 35.8 Å². The van der Waals surface area contributed by atoms with E-state index in [-0.39, 0.29) is 16.9 Å². The summed E-state index contributed by atoms with van der Waals surface area (Å²) in [7, 11) is 0. The molecule has 0 spiro atoms. The second kappa shape index (κ2) is 4.17. The average molecular weight is 246 g/mol. The van der Waals surface area contributed by atoms with Gasteiger partial charge in [0, 0.05) is 6.20 Å². The minimum atomic E-state index is -0.694. The Morgan fingerprint density at radius 2 is 1.89 bits per heavy atom. The predicted octanol–water partition coefficient (Wildman–Crippen LogP) is -0.953. The molecule has 8 nitrogen and oxygen atoms in total. The smallest absolute Gasteiger partial charge is 0.252 e. The minimum Gasteiger partial charge on any atom is -0.397 e. The molecule has 0 aliphatic carbocycles. The van der Waals surface area contributed by atoms with Crippen LogP contribution >= 0.6 is 0 Å². The first-order valence-electron chi connectivity index (χ1n) is 4.89. The SMILES string of the molecule is NC(=O)c1cnn(-c2ncc(N)cc2C(N)=O)c1. The molecule has 0 aliphatic heterocycles. The van der Waals surface area contributed by atoms with E-state index in [1.54, 1.807) is 0 Å². The molecule has 0 saturated carbocycles. The number of hydrogen-bond donors (Lipinski definition) is 3. The summed E-state index contributed by atoms with van der Waals surface area (Å²) < 4.78 is 1.24. The van der Waals surface area contributed by atoms with Crippen molar-refractivity contribution in [3.63, 3.8) is 0 Å². The van der Waals surface area contributed by atoms with Gasteiger partial charge in [0.15, 0.2) is 5.82 Å². The third kappa shape index (κ3) is 1.98. The fourth-order valence-electron chi connectivity index (χ4n) is 1.40.